The lowest BCUT2D eigenvalue weighted by molar-refractivity contribution is -0.00000913. The SMILES string of the molecule is CC1=CC=C(NCC(O)Cn2c(-c3ccccc3)c(-c3ccccc3)c3cc(C)cc(C)c32)CC1.[Cl-]. The van der Waals surface area contributed by atoms with Crippen molar-refractivity contribution in [1.29, 1.82) is 0 Å². The van der Waals surface area contributed by atoms with Crippen LogP contribution in [0.4, 0.5) is 0 Å². The number of benzene rings is 3. The number of nitrogens with zero attached hydrogens (tertiary/aromatic N) is 1. The minimum absolute atomic E-state index is 0. The Morgan fingerprint density at radius 3 is 2.17 bits per heavy atom. The van der Waals surface area contributed by atoms with Gasteiger partial charge in [-0.25, -0.2) is 0 Å². The van der Waals surface area contributed by atoms with Gasteiger partial charge in [0.2, 0.25) is 0 Å². The first kappa shape index (κ1) is 25.8. The molecular weight excluding hydrogens is 464 g/mol. The van der Waals surface area contributed by atoms with Crippen molar-refractivity contribution in [2.24, 2.45) is 0 Å². The van der Waals surface area contributed by atoms with E-state index in [9.17, 15) is 5.11 Å². The molecule has 5 rings (SSSR count). The third kappa shape index (κ3) is 5.28. The number of nitrogens with one attached hydrogen (secondary N) is 1. The van der Waals surface area contributed by atoms with Crippen LogP contribution in [0, 0.1) is 13.8 Å². The fraction of sp³-hybridized carbons (Fsp3) is 0.250. The van der Waals surface area contributed by atoms with Crippen molar-refractivity contribution in [3.8, 4) is 22.4 Å². The topological polar surface area (TPSA) is 37.2 Å². The minimum Gasteiger partial charge on any atom is -1.00 e. The van der Waals surface area contributed by atoms with Gasteiger partial charge in [-0.2, -0.15) is 0 Å². The van der Waals surface area contributed by atoms with Crippen molar-refractivity contribution in [3.63, 3.8) is 0 Å². The molecule has 0 bridgehead atoms. The van der Waals surface area contributed by atoms with E-state index in [-0.39, 0.29) is 12.4 Å². The molecule has 4 aromatic rings. The average Bonchev–Trinajstić information content (AvgIpc) is 3.18. The van der Waals surface area contributed by atoms with E-state index in [1.165, 1.54) is 44.4 Å². The van der Waals surface area contributed by atoms with Crippen LogP contribution < -0.4 is 17.7 Å². The van der Waals surface area contributed by atoms with Crippen LogP contribution in [-0.4, -0.2) is 22.3 Å². The maximum Gasteiger partial charge on any atom is 0.0891 e. The number of aryl methyl sites for hydroxylation is 2. The zero-order valence-electron chi connectivity index (χ0n) is 21.3. The highest BCUT2D eigenvalue weighted by Gasteiger charge is 2.23. The summed E-state index contributed by atoms with van der Waals surface area (Å²) in [5, 5.41) is 15.9. The first-order chi connectivity index (χ1) is 17.0. The third-order valence-electron chi connectivity index (χ3n) is 6.92. The maximum absolute atomic E-state index is 11.2. The summed E-state index contributed by atoms with van der Waals surface area (Å²) in [7, 11) is 0. The van der Waals surface area contributed by atoms with Crippen molar-refractivity contribution in [2.45, 2.75) is 46.3 Å². The van der Waals surface area contributed by atoms with Gasteiger partial charge in [0.15, 0.2) is 0 Å². The Hall–Kier alpha value is -3.27. The van der Waals surface area contributed by atoms with Gasteiger partial charge in [-0.05, 0) is 62.4 Å². The lowest BCUT2D eigenvalue weighted by Crippen LogP contribution is -3.00. The van der Waals surface area contributed by atoms with Crippen LogP contribution in [-0.2, 0) is 6.54 Å². The van der Waals surface area contributed by atoms with Crippen molar-refractivity contribution in [2.75, 3.05) is 6.54 Å². The molecule has 1 aliphatic rings. The lowest BCUT2D eigenvalue weighted by atomic mass is 9.97. The summed E-state index contributed by atoms with van der Waals surface area (Å²) in [5.74, 6) is 0. The second kappa shape index (κ2) is 11.2. The van der Waals surface area contributed by atoms with E-state index in [4.69, 9.17) is 0 Å². The van der Waals surface area contributed by atoms with Gasteiger partial charge in [0.05, 0.1) is 23.9 Å². The highest BCUT2D eigenvalue weighted by Crippen LogP contribution is 2.42. The summed E-state index contributed by atoms with van der Waals surface area (Å²) in [4.78, 5) is 0. The molecule has 1 unspecified atom stereocenters. The Balaban J connectivity index is 0.00000304. The molecule has 1 aromatic heterocycles. The quantitative estimate of drug-likeness (QED) is 0.402. The van der Waals surface area contributed by atoms with Gasteiger partial charge in [-0.1, -0.05) is 83.9 Å². The molecule has 0 radical (unpaired) electrons. The summed E-state index contributed by atoms with van der Waals surface area (Å²) in [5.41, 5.74) is 11.0. The summed E-state index contributed by atoms with van der Waals surface area (Å²) >= 11 is 0. The number of hydrogen-bond acceptors (Lipinski definition) is 2. The van der Waals surface area contributed by atoms with Crippen molar-refractivity contribution < 1.29 is 17.5 Å². The molecule has 1 heterocycles. The van der Waals surface area contributed by atoms with Crippen LogP contribution in [0.1, 0.15) is 30.9 Å². The van der Waals surface area contributed by atoms with Crippen LogP contribution >= 0.6 is 0 Å². The van der Waals surface area contributed by atoms with Gasteiger partial charge in [-0.3, -0.25) is 0 Å². The van der Waals surface area contributed by atoms with Crippen molar-refractivity contribution >= 4 is 10.9 Å². The number of halogens is 1. The summed E-state index contributed by atoms with van der Waals surface area (Å²) in [6.07, 6.45) is 5.88. The van der Waals surface area contributed by atoms with E-state index in [1.807, 2.05) is 0 Å². The summed E-state index contributed by atoms with van der Waals surface area (Å²) in [6.45, 7) is 7.55. The molecule has 1 aliphatic carbocycles. The van der Waals surface area contributed by atoms with E-state index < -0.39 is 6.10 Å². The Kier molecular flexibility index (Phi) is 8.03. The predicted octanol–water partition coefficient (Wildman–Crippen LogP) is 4.17. The molecule has 0 aliphatic heterocycles. The minimum atomic E-state index is -0.523. The third-order valence-corrected chi connectivity index (χ3v) is 6.92. The summed E-state index contributed by atoms with van der Waals surface area (Å²) < 4.78 is 2.34. The molecule has 186 valence electrons. The predicted molar refractivity (Wildman–Crippen MR) is 147 cm³/mol. The van der Waals surface area contributed by atoms with E-state index in [0.717, 1.165) is 24.1 Å². The molecule has 2 N–H and O–H groups in total. The van der Waals surface area contributed by atoms with Gasteiger partial charge in [-0.15, -0.1) is 0 Å². The first-order valence-corrected chi connectivity index (χ1v) is 12.5. The highest BCUT2D eigenvalue weighted by molar-refractivity contribution is 6.06. The second-order valence-corrected chi connectivity index (χ2v) is 9.78. The van der Waals surface area contributed by atoms with Crippen molar-refractivity contribution in [3.05, 3.63) is 107 Å². The zero-order valence-corrected chi connectivity index (χ0v) is 22.0. The number of aromatic nitrogens is 1. The van der Waals surface area contributed by atoms with Gasteiger partial charge in [0, 0.05) is 23.2 Å². The Morgan fingerprint density at radius 1 is 0.861 bits per heavy atom. The van der Waals surface area contributed by atoms with Gasteiger partial charge in [0.1, 0.15) is 0 Å². The Bertz CT molecular complexity index is 1400. The zero-order chi connectivity index (χ0) is 24.4. The molecule has 3 nitrogen and oxygen atoms in total. The number of hydrogen-bond donors (Lipinski definition) is 2. The number of aliphatic hydroxyl groups is 1. The highest BCUT2D eigenvalue weighted by atomic mass is 35.5. The molecule has 3 aromatic carbocycles. The maximum atomic E-state index is 11.2. The fourth-order valence-corrected chi connectivity index (χ4v) is 5.27. The molecule has 0 amide bonds. The second-order valence-electron chi connectivity index (χ2n) is 9.78. The van der Waals surface area contributed by atoms with E-state index >= 15 is 0 Å². The van der Waals surface area contributed by atoms with Crippen LogP contribution in [0.2, 0.25) is 0 Å². The smallest absolute Gasteiger partial charge is 0.0891 e. The molecule has 0 saturated carbocycles. The van der Waals surface area contributed by atoms with Gasteiger partial charge in [0.25, 0.3) is 0 Å². The molecule has 0 spiro atoms. The Labute approximate surface area is 220 Å². The molecular formula is C32H34ClN2O-. The summed E-state index contributed by atoms with van der Waals surface area (Å²) in [6, 6.07) is 25.8. The van der Waals surface area contributed by atoms with Crippen LogP contribution in [0.5, 0.6) is 0 Å². The number of fused-ring (bicyclic) bond motifs is 1. The van der Waals surface area contributed by atoms with Crippen LogP contribution in [0.3, 0.4) is 0 Å². The standard InChI is InChI=1S/C32H34N2O.ClH/c1-22-14-16-27(17-15-22)33-20-28(35)21-34-31-24(3)18-23(2)19-29(31)30(25-10-6-4-7-11-25)32(34)26-12-8-5-9-13-26;/h4-14,16,18-19,28,33,35H,15,17,20-21H2,1-3H3;1H/p-1. The molecule has 36 heavy (non-hydrogen) atoms. The van der Waals surface area contributed by atoms with Crippen LogP contribution in [0.15, 0.2) is 96.2 Å². The molecule has 1 atom stereocenters. The normalized spacial score (nSPS) is 14.1. The lowest BCUT2D eigenvalue weighted by Gasteiger charge is -2.20. The largest absolute Gasteiger partial charge is 1.00 e. The monoisotopic (exact) mass is 497 g/mol. The number of rotatable bonds is 7. The van der Waals surface area contributed by atoms with E-state index in [0.29, 0.717) is 13.1 Å². The van der Waals surface area contributed by atoms with E-state index in [1.54, 1.807) is 0 Å². The fourth-order valence-electron chi connectivity index (χ4n) is 5.27. The molecule has 0 saturated heterocycles. The van der Waals surface area contributed by atoms with Gasteiger partial charge < -0.3 is 27.4 Å². The average molecular weight is 498 g/mol. The van der Waals surface area contributed by atoms with Gasteiger partial charge >= 0.3 is 0 Å². The number of allylic oxidation sites excluding steroid dienone is 4. The first-order valence-electron chi connectivity index (χ1n) is 12.5. The molecule has 0 fully saturated rings. The van der Waals surface area contributed by atoms with Crippen molar-refractivity contribution in [1.82, 2.24) is 9.88 Å². The number of aliphatic hydroxyl groups excluding tert-OH is 1. The van der Waals surface area contributed by atoms with E-state index in [2.05, 4.69) is 116 Å². The molecule has 4 heteroatoms. The van der Waals surface area contributed by atoms with Crippen LogP contribution in [0.25, 0.3) is 33.3 Å². The Morgan fingerprint density at radius 2 is 1.53 bits per heavy atom.